The number of carbonyl (C=O) groups excluding carboxylic acids is 2. The van der Waals surface area contributed by atoms with Crippen LogP contribution in [-0.2, 0) is 48.3 Å². The molecule has 11 atom stereocenters. The number of methoxy groups -OCH3 is 1. The summed E-state index contributed by atoms with van der Waals surface area (Å²) in [6, 6.07) is 29.2. The molecule has 11 N–H and O–H groups in total. The normalized spacial score (nSPS) is 26.0. The first-order chi connectivity index (χ1) is 44.0. The average molecular weight is 1240 g/mol. The number of benzene rings is 5. The number of anilines is 1. The number of aromatic hydroxyl groups is 3. The van der Waals surface area contributed by atoms with Crippen LogP contribution in [0.2, 0.25) is 0 Å². The maximum absolute atomic E-state index is 15.6. The van der Waals surface area contributed by atoms with Crippen LogP contribution in [0.15, 0.2) is 121 Å². The smallest absolute Gasteiger partial charge is 0.173 e. The molecule has 0 unspecified atom stereocenters. The number of nitrogens with one attached hydrogen (secondary N) is 4. The number of phenolic OH excluding ortho intramolecular Hbond substituents is 2. The fraction of sp³-hybridized carbons (Fsp3) is 0.481. The van der Waals surface area contributed by atoms with Gasteiger partial charge in [0.25, 0.3) is 0 Å². The van der Waals surface area contributed by atoms with Crippen LogP contribution >= 0.6 is 0 Å². The molecule has 91 heavy (non-hydrogen) atoms. The third-order valence-corrected chi connectivity index (χ3v) is 21.4. The van der Waals surface area contributed by atoms with Crippen molar-refractivity contribution >= 4 is 28.0 Å². The third kappa shape index (κ3) is 14.5. The van der Waals surface area contributed by atoms with Gasteiger partial charge in [0.1, 0.15) is 17.3 Å². The number of aromatic amines is 1. The molecule has 3 heterocycles. The molecule has 2 saturated carbocycles. The van der Waals surface area contributed by atoms with Crippen molar-refractivity contribution < 1.29 is 50.1 Å². The van der Waals surface area contributed by atoms with Crippen LogP contribution in [0.3, 0.4) is 0 Å². The van der Waals surface area contributed by atoms with E-state index in [1.165, 1.54) is 12.7 Å². The number of Topliss-reactive ketones (excluding diaryl/α,β-unsaturated/α-hetero) is 2. The van der Waals surface area contributed by atoms with Gasteiger partial charge >= 0.3 is 0 Å². The number of β-amino-alcohol motifs (C(OH)–C–C–N with tert-alkyl or cyclic N) is 1. The monoisotopic (exact) mass is 1230 g/mol. The van der Waals surface area contributed by atoms with Crippen molar-refractivity contribution in [3.8, 4) is 34.8 Å². The van der Waals surface area contributed by atoms with Crippen LogP contribution in [0, 0.1) is 52.8 Å². The Morgan fingerprint density at radius 1 is 0.802 bits per heavy atom. The number of hydrogen-bond acceptors (Lipinski definition) is 13. The summed E-state index contributed by atoms with van der Waals surface area (Å²) in [4.78, 5) is 33.8. The maximum Gasteiger partial charge on any atom is 0.173 e. The van der Waals surface area contributed by atoms with Gasteiger partial charge in [0.05, 0.1) is 31.8 Å². The molecule has 5 aliphatic rings. The van der Waals surface area contributed by atoms with Gasteiger partial charge in [0.2, 0.25) is 0 Å². The Kier molecular flexibility index (Phi) is 20.8. The lowest BCUT2D eigenvalue weighted by Gasteiger charge is -2.43. The standard InChI is InChI=1S/C77H94N4O10/c1-5-11-62-54-33-57(77(29-8-9-30-77)56-28-31-79-73(38-56)81-58-25-22-50-20-21-53(74(88)66(50)39-58)35-60(83)44-78-42-47(3)55-34-59(80-43-55)40-70(62)86)32-51-23-26-63(64-41-71(87)72(91-4)37-52(64)24-27-69(85)76(90)75(89)65(51)36-54)61-14-7-6-12-48(61)18-16-46(2)17-19-49-13-10-15-68(84)67(49)45-82/h6-7,10,12-15,20-22,25,28,34,37-39,41,43,46-47,51,54,57,60,62-63,65,70,76,78-84,86-88,90H,5,8-9,11,16-19,24,27,29-33,35-36,40,42,44-45H2,1-4H3/t46-,47-,51-,54+,57+,60+,62+,63-,65-,70+,76+/m0/s1. The highest BCUT2D eigenvalue weighted by atomic mass is 16.5. The van der Waals surface area contributed by atoms with E-state index in [0.717, 1.165) is 101 Å². The van der Waals surface area contributed by atoms with Crippen LogP contribution < -0.4 is 20.7 Å². The molecule has 6 aromatic rings. The molecule has 14 nitrogen and oxygen atoms in total. The summed E-state index contributed by atoms with van der Waals surface area (Å²) in [5, 5.41) is 92.8. The van der Waals surface area contributed by atoms with E-state index in [9.17, 15) is 40.5 Å². The number of ether oxygens (including phenoxy) is 1. The zero-order chi connectivity index (χ0) is 63.9. The number of aromatic nitrogens is 1. The quantitative estimate of drug-likeness (QED) is 0.0428. The summed E-state index contributed by atoms with van der Waals surface area (Å²) in [5.74, 6) is 5.65. The Labute approximate surface area is 536 Å². The predicted octanol–water partition coefficient (Wildman–Crippen LogP) is 11.9. The second kappa shape index (κ2) is 29.1. The Morgan fingerprint density at radius 2 is 1.58 bits per heavy atom. The summed E-state index contributed by atoms with van der Waals surface area (Å²) in [5.41, 5.74) is 9.25. The zero-order valence-corrected chi connectivity index (χ0v) is 53.4. The lowest BCUT2D eigenvalue weighted by Crippen LogP contribution is -2.40. The van der Waals surface area contributed by atoms with Crippen LogP contribution in [0.25, 0.3) is 10.8 Å². The van der Waals surface area contributed by atoms with Gasteiger partial charge in [0, 0.05) is 79.3 Å². The number of ketones is 2. The molecule has 2 aliphatic heterocycles. The molecule has 14 heteroatoms. The van der Waals surface area contributed by atoms with Gasteiger partial charge in [-0.1, -0.05) is 113 Å². The lowest BCUT2D eigenvalue weighted by molar-refractivity contribution is -0.142. The minimum absolute atomic E-state index is 0.0429. The number of dihydropyridines is 1. The molecule has 482 valence electrons. The van der Waals surface area contributed by atoms with Gasteiger partial charge in [-0.2, -0.15) is 0 Å². The second-order valence-electron chi connectivity index (χ2n) is 27.2. The molecule has 0 amide bonds. The molecule has 2 fully saturated rings. The number of H-pyrrole nitrogens is 1. The van der Waals surface area contributed by atoms with E-state index in [1.807, 2.05) is 60.8 Å². The number of hydrogen-bond donors (Lipinski definition) is 11. The molecule has 11 rings (SSSR count). The van der Waals surface area contributed by atoms with Crippen LogP contribution in [-0.4, -0.2) is 97.4 Å². The van der Waals surface area contributed by atoms with E-state index in [0.29, 0.717) is 81.1 Å². The van der Waals surface area contributed by atoms with Gasteiger partial charge in [-0.15, -0.1) is 0 Å². The molecule has 1 aromatic heterocycles. The minimum atomic E-state index is -1.89. The maximum atomic E-state index is 15.6. The first kappa shape index (κ1) is 65.1. The van der Waals surface area contributed by atoms with Gasteiger partial charge in [-0.3, -0.25) is 9.59 Å². The van der Waals surface area contributed by atoms with Crippen LogP contribution in [0.4, 0.5) is 5.69 Å². The number of phenols is 3. The molecular formula is C77H94N4O10. The Balaban J connectivity index is 1.03. The van der Waals surface area contributed by atoms with Crippen molar-refractivity contribution in [2.75, 3.05) is 32.1 Å². The van der Waals surface area contributed by atoms with E-state index >= 15 is 4.79 Å². The first-order valence-corrected chi connectivity index (χ1v) is 33.6. The Hall–Kier alpha value is -7.38. The third-order valence-electron chi connectivity index (χ3n) is 21.4. The summed E-state index contributed by atoms with van der Waals surface area (Å²) in [6.45, 7) is 7.76. The van der Waals surface area contributed by atoms with Crippen molar-refractivity contribution in [1.82, 2.24) is 15.6 Å². The zero-order valence-electron chi connectivity index (χ0n) is 53.4. The largest absolute Gasteiger partial charge is 0.508 e. The van der Waals surface area contributed by atoms with Gasteiger partial charge in [0.15, 0.2) is 29.2 Å². The topological polar surface area (TPSA) is 237 Å². The Bertz CT molecular complexity index is 3700. The number of allylic oxidation sites excluding steroid dienone is 2. The highest BCUT2D eigenvalue weighted by Crippen LogP contribution is 2.58. The van der Waals surface area contributed by atoms with Crippen LogP contribution in [0.1, 0.15) is 160 Å². The summed E-state index contributed by atoms with van der Waals surface area (Å²) < 4.78 is 5.69. The summed E-state index contributed by atoms with van der Waals surface area (Å²) >= 11 is 0. The highest BCUT2D eigenvalue weighted by Gasteiger charge is 2.51. The van der Waals surface area contributed by atoms with Gasteiger partial charge < -0.3 is 61.4 Å². The number of fused-ring (bicyclic) bond motifs is 11. The van der Waals surface area contributed by atoms with Crippen LogP contribution in [0.5, 0.6) is 23.0 Å². The molecule has 0 radical (unpaired) electrons. The van der Waals surface area contributed by atoms with Crippen molar-refractivity contribution in [3.63, 3.8) is 0 Å². The SMILES string of the molecule is CCC[C@@H]1[C@@H]2C[C@@H](C[C@@H]3C#C[C@@H](c4ccccc4CC[C@H](C)CCc4cccc(O)c4CO)c4cc(O)c(OC)cc4CCC(=O)[C@@H](O)C(=O)[C@H]3C2)C2(CCCC2)C2=CCNC(=C2)Nc2ccc3ccc(c(O)c3c2)C[C@@H](O)CNC[C@H](C)c2c[nH]c(c2)C[C@H]1O. The van der Waals surface area contributed by atoms with Gasteiger partial charge in [-0.25, -0.2) is 0 Å². The minimum Gasteiger partial charge on any atom is -0.508 e. The second-order valence-corrected chi connectivity index (χ2v) is 27.2. The number of aliphatic hydroxyl groups excluding tert-OH is 4. The van der Waals surface area contributed by atoms with Crippen molar-refractivity contribution in [3.05, 3.63) is 171 Å². The molecule has 3 aliphatic carbocycles. The predicted molar refractivity (Wildman–Crippen MR) is 357 cm³/mol. The summed E-state index contributed by atoms with van der Waals surface area (Å²) in [6.07, 6.45) is 13.7. The lowest BCUT2D eigenvalue weighted by atomic mass is 9.62. The van der Waals surface area contributed by atoms with Crippen molar-refractivity contribution in [2.45, 2.75) is 167 Å². The van der Waals surface area contributed by atoms with E-state index in [2.05, 4.69) is 83.9 Å². The number of aryl methyl sites for hydroxylation is 3. The van der Waals surface area contributed by atoms with Crippen molar-refractivity contribution in [2.24, 2.45) is 40.9 Å². The molecular weight excluding hydrogens is 1140 g/mol. The first-order valence-electron chi connectivity index (χ1n) is 33.6. The molecule has 1 spiro atoms. The molecule has 0 saturated heterocycles. The number of rotatable bonds is 11. The number of aliphatic hydroxyl groups is 4. The average Bonchev–Trinajstić information content (AvgIpc) is 1.77. The highest BCUT2D eigenvalue weighted by molar-refractivity contribution is 6.06. The van der Waals surface area contributed by atoms with Gasteiger partial charge in [-0.05, 0) is 198 Å². The number of carbonyl (C=O) groups is 2. The van der Waals surface area contributed by atoms with E-state index < -0.39 is 47.6 Å². The fourth-order valence-electron chi connectivity index (χ4n) is 16.2. The van der Waals surface area contributed by atoms with E-state index in [4.69, 9.17) is 4.74 Å². The van der Waals surface area contributed by atoms with Crippen molar-refractivity contribution in [1.29, 1.82) is 0 Å². The molecule has 9 bridgehead atoms. The summed E-state index contributed by atoms with van der Waals surface area (Å²) in [7, 11) is 1.49. The van der Waals surface area contributed by atoms with E-state index in [-0.39, 0.29) is 83.9 Å². The Morgan fingerprint density at radius 3 is 2.37 bits per heavy atom. The molecule has 5 aromatic carbocycles. The fourth-order valence-corrected chi connectivity index (χ4v) is 16.2. The van der Waals surface area contributed by atoms with E-state index in [1.54, 1.807) is 18.2 Å².